The van der Waals surface area contributed by atoms with Crippen molar-refractivity contribution < 1.29 is 22.4 Å². The first-order valence-corrected chi connectivity index (χ1v) is 8.16. The van der Waals surface area contributed by atoms with Gasteiger partial charge in [-0.1, -0.05) is 6.07 Å². The zero-order valence-electron chi connectivity index (χ0n) is 13.6. The number of benzene rings is 1. The molecule has 1 aromatic carbocycles. The van der Waals surface area contributed by atoms with Crippen molar-refractivity contribution >= 4 is 11.6 Å². The SMILES string of the molecule is O=C(CCc1ccco1)N1CCN(c2cccc(C(F)(F)F)c2)CC1. The maximum absolute atomic E-state index is 12.8. The number of rotatable bonds is 4. The van der Waals surface area contributed by atoms with Crippen molar-refractivity contribution in [2.45, 2.75) is 19.0 Å². The van der Waals surface area contributed by atoms with Crippen molar-refractivity contribution in [2.24, 2.45) is 0 Å². The summed E-state index contributed by atoms with van der Waals surface area (Å²) < 4.78 is 43.7. The van der Waals surface area contributed by atoms with E-state index in [2.05, 4.69) is 0 Å². The highest BCUT2D eigenvalue weighted by molar-refractivity contribution is 5.76. The van der Waals surface area contributed by atoms with Crippen molar-refractivity contribution in [1.82, 2.24) is 4.90 Å². The molecule has 2 heterocycles. The molecule has 0 N–H and O–H groups in total. The van der Waals surface area contributed by atoms with Crippen LogP contribution in [0.3, 0.4) is 0 Å². The van der Waals surface area contributed by atoms with E-state index in [0.29, 0.717) is 44.7 Å². The van der Waals surface area contributed by atoms with Crippen molar-refractivity contribution in [1.29, 1.82) is 0 Å². The number of nitrogens with zero attached hydrogens (tertiary/aromatic N) is 2. The molecule has 3 rings (SSSR count). The summed E-state index contributed by atoms with van der Waals surface area (Å²) in [6.45, 7) is 2.06. The maximum atomic E-state index is 12.8. The Morgan fingerprint density at radius 3 is 2.48 bits per heavy atom. The molecule has 0 bridgehead atoms. The third kappa shape index (κ3) is 4.35. The molecule has 1 saturated heterocycles. The Hall–Kier alpha value is -2.44. The second-order valence-electron chi connectivity index (χ2n) is 6.00. The summed E-state index contributed by atoms with van der Waals surface area (Å²) in [4.78, 5) is 15.9. The van der Waals surface area contributed by atoms with Crippen LogP contribution in [0.25, 0.3) is 0 Å². The predicted octanol–water partition coefficient (Wildman–Crippen LogP) is 3.58. The number of alkyl halides is 3. The molecule has 1 aliphatic rings. The van der Waals surface area contributed by atoms with Crippen LogP contribution < -0.4 is 4.90 Å². The molecule has 0 radical (unpaired) electrons. The van der Waals surface area contributed by atoms with E-state index in [-0.39, 0.29) is 5.91 Å². The molecule has 0 spiro atoms. The molecular formula is C18H19F3N2O2. The van der Waals surface area contributed by atoms with Gasteiger partial charge >= 0.3 is 6.18 Å². The second-order valence-corrected chi connectivity index (χ2v) is 6.00. The fourth-order valence-electron chi connectivity index (χ4n) is 2.94. The lowest BCUT2D eigenvalue weighted by atomic mass is 10.1. The molecule has 4 nitrogen and oxygen atoms in total. The number of piperazine rings is 1. The summed E-state index contributed by atoms with van der Waals surface area (Å²) in [5.41, 5.74) is -0.112. The first kappa shape index (κ1) is 17.4. The van der Waals surface area contributed by atoms with Gasteiger partial charge in [0.15, 0.2) is 0 Å². The minimum Gasteiger partial charge on any atom is -0.469 e. The second kappa shape index (κ2) is 7.21. The maximum Gasteiger partial charge on any atom is 0.416 e. The van der Waals surface area contributed by atoms with Gasteiger partial charge in [-0.2, -0.15) is 13.2 Å². The predicted molar refractivity (Wildman–Crippen MR) is 87.3 cm³/mol. The van der Waals surface area contributed by atoms with Gasteiger partial charge in [-0.25, -0.2) is 0 Å². The van der Waals surface area contributed by atoms with E-state index in [4.69, 9.17) is 4.42 Å². The summed E-state index contributed by atoms with van der Waals surface area (Å²) in [6, 6.07) is 8.93. The van der Waals surface area contributed by atoms with Crippen LogP contribution in [0.1, 0.15) is 17.7 Å². The van der Waals surface area contributed by atoms with Gasteiger partial charge in [-0.15, -0.1) is 0 Å². The van der Waals surface area contributed by atoms with Gasteiger partial charge in [0.25, 0.3) is 0 Å². The highest BCUT2D eigenvalue weighted by Crippen LogP contribution is 2.31. The van der Waals surface area contributed by atoms with Crippen molar-refractivity contribution in [3.63, 3.8) is 0 Å². The third-order valence-electron chi connectivity index (χ3n) is 4.34. The molecule has 0 atom stereocenters. The summed E-state index contributed by atoms with van der Waals surface area (Å²) in [5, 5.41) is 0. The van der Waals surface area contributed by atoms with Gasteiger partial charge in [0.2, 0.25) is 5.91 Å². The largest absolute Gasteiger partial charge is 0.469 e. The molecule has 7 heteroatoms. The third-order valence-corrected chi connectivity index (χ3v) is 4.34. The lowest BCUT2D eigenvalue weighted by molar-refractivity contribution is -0.137. The Morgan fingerprint density at radius 2 is 1.84 bits per heavy atom. The molecule has 2 aromatic rings. The topological polar surface area (TPSA) is 36.7 Å². The van der Waals surface area contributed by atoms with E-state index >= 15 is 0 Å². The molecule has 1 aliphatic heterocycles. The van der Waals surface area contributed by atoms with E-state index in [1.807, 2.05) is 11.0 Å². The quantitative estimate of drug-likeness (QED) is 0.844. The molecule has 1 aromatic heterocycles. The number of furan rings is 1. The lowest BCUT2D eigenvalue weighted by Gasteiger charge is -2.36. The van der Waals surface area contributed by atoms with Crippen molar-refractivity contribution in [2.75, 3.05) is 31.1 Å². The zero-order valence-corrected chi connectivity index (χ0v) is 13.6. The highest BCUT2D eigenvalue weighted by Gasteiger charge is 2.31. The minimum atomic E-state index is -4.35. The van der Waals surface area contributed by atoms with Gasteiger partial charge in [-0.05, 0) is 30.3 Å². The Morgan fingerprint density at radius 1 is 1.08 bits per heavy atom. The van der Waals surface area contributed by atoms with Crippen LogP contribution in [0.2, 0.25) is 0 Å². The fourth-order valence-corrected chi connectivity index (χ4v) is 2.94. The molecule has 1 fully saturated rings. The summed E-state index contributed by atoms with van der Waals surface area (Å²) in [6.07, 6.45) is -1.84. The minimum absolute atomic E-state index is 0.0418. The Bertz CT molecular complexity index is 705. The fraction of sp³-hybridized carbons (Fsp3) is 0.389. The first-order chi connectivity index (χ1) is 11.9. The number of halogens is 3. The number of hydrogen-bond donors (Lipinski definition) is 0. The number of carbonyl (C=O) groups is 1. The Kier molecular flexibility index (Phi) is 5.01. The van der Waals surface area contributed by atoms with Crippen LogP contribution in [0.15, 0.2) is 47.1 Å². The van der Waals surface area contributed by atoms with Crippen LogP contribution in [0.4, 0.5) is 18.9 Å². The average molecular weight is 352 g/mol. The van der Waals surface area contributed by atoms with Gasteiger partial charge in [0, 0.05) is 44.7 Å². The van der Waals surface area contributed by atoms with E-state index in [0.717, 1.165) is 17.9 Å². The van der Waals surface area contributed by atoms with Crippen LogP contribution in [-0.4, -0.2) is 37.0 Å². The van der Waals surface area contributed by atoms with E-state index < -0.39 is 11.7 Å². The van der Waals surface area contributed by atoms with Gasteiger partial charge in [0.05, 0.1) is 11.8 Å². The van der Waals surface area contributed by atoms with Gasteiger partial charge in [-0.3, -0.25) is 4.79 Å². The molecule has 0 aliphatic carbocycles. The van der Waals surface area contributed by atoms with Crippen molar-refractivity contribution in [3.05, 3.63) is 54.0 Å². The van der Waals surface area contributed by atoms with Crippen LogP contribution in [-0.2, 0) is 17.4 Å². The van der Waals surface area contributed by atoms with Crippen molar-refractivity contribution in [3.8, 4) is 0 Å². The van der Waals surface area contributed by atoms with E-state index in [9.17, 15) is 18.0 Å². The smallest absolute Gasteiger partial charge is 0.416 e. The highest BCUT2D eigenvalue weighted by atomic mass is 19.4. The molecule has 0 saturated carbocycles. The Balaban J connectivity index is 1.54. The molecule has 0 unspecified atom stereocenters. The van der Waals surface area contributed by atoms with Crippen LogP contribution in [0.5, 0.6) is 0 Å². The van der Waals surface area contributed by atoms with E-state index in [1.54, 1.807) is 23.3 Å². The first-order valence-electron chi connectivity index (χ1n) is 8.16. The number of amides is 1. The standard InChI is InChI=1S/C18H19F3N2O2/c19-18(20,21)14-3-1-4-15(13-14)22-8-10-23(11-9-22)17(24)7-6-16-5-2-12-25-16/h1-5,12-13H,6-11H2. The van der Waals surface area contributed by atoms with Crippen LogP contribution >= 0.6 is 0 Å². The number of anilines is 1. The number of aryl methyl sites for hydroxylation is 1. The van der Waals surface area contributed by atoms with Gasteiger partial charge < -0.3 is 14.2 Å². The van der Waals surface area contributed by atoms with Crippen LogP contribution in [0, 0.1) is 0 Å². The monoisotopic (exact) mass is 352 g/mol. The average Bonchev–Trinajstić information content (AvgIpc) is 3.13. The normalized spacial score (nSPS) is 15.5. The summed E-state index contributed by atoms with van der Waals surface area (Å²) in [7, 11) is 0. The number of carbonyl (C=O) groups excluding carboxylic acids is 1. The number of hydrogen-bond acceptors (Lipinski definition) is 3. The zero-order chi connectivity index (χ0) is 17.9. The molecule has 1 amide bonds. The molecular weight excluding hydrogens is 333 g/mol. The lowest BCUT2D eigenvalue weighted by Crippen LogP contribution is -2.48. The summed E-state index contributed by atoms with van der Waals surface area (Å²) >= 11 is 0. The Labute approximate surface area is 143 Å². The molecule has 134 valence electrons. The van der Waals surface area contributed by atoms with Gasteiger partial charge in [0.1, 0.15) is 5.76 Å². The van der Waals surface area contributed by atoms with E-state index in [1.165, 1.54) is 6.07 Å². The summed E-state index contributed by atoms with van der Waals surface area (Å²) in [5.74, 6) is 0.816. The molecule has 25 heavy (non-hydrogen) atoms.